The zero-order chi connectivity index (χ0) is 14.4. The van der Waals surface area contributed by atoms with E-state index in [1.165, 1.54) is 49.7 Å². The normalized spacial score (nSPS) is 18.4. The van der Waals surface area contributed by atoms with Crippen molar-refractivity contribution in [2.75, 3.05) is 6.54 Å². The van der Waals surface area contributed by atoms with Crippen LogP contribution in [0.15, 0.2) is 24.3 Å². The van der Waals surface area contributed by atoms with Crippen molar-refractivity contribution in [1.82, 2.24) is 5.32 Å². The van der Waals surface area contributed by atoms with E-state index in [1.54, 1.807) is 0 Å². The molecule has 0 bridgehead atoms. The average molecular weight is 273 g/mol. The Morgan fingerprint density at radius 2 is 1.60 bits per heavy atom. The maximum Gasteiger partial charge on any atom is 0.0322 e. The number of hydrogen-bond acceptors (Lipinski definition) is 1. The minimum absolute atomic E-state index is 0.546. The zero-order valence-electron chi connectivity index (χ0n) is 13.5. The lowest BCUT2D eigenvalue weighted by Crippen LogP contribution is -2.24. The summed E-state index contributed by atoms with van der Waals surface area (Å²) in [6.07, 6.45) is 8.52. The van der Waals surface area contributed by atoms with E-state index in [1.807, 2.05) is 0 Å². The molecule has 1 saturated carbocycles. The molecular weight excluding hydrogens is 242 g/mol. The Labute approximate surface area is 125 Å². The molecule has 1 heteroatoms. The van der Waals surface area contributed by atoms with Gasteiger partial charge >= 0.3 is 0 Å². The van der Waals surface area contributed by atoms with E-state index in [9.17, 15) is 0 Å². The Hall–Kier alpha value is -0.820. The van der Waals surface area contributed by atoms with Gasteiger partial charge in [0.15, 0.2) is 0 Å². The van der Waals surface area contributed by atoms with Crippen molar-refractivity contribution in [1.29, 1.82) is 0 Å². The quantitative estimate of drug-likeness (QED) is 0.728. The van der Waals surface area contributed by atoms with Gasteiger partial charge in [-0.1, -0.05) is 77.1 Å². The summed E-state index contributed by atoms with van der Waals surface area (Å²) < 4.78 is 0. The van der Waals surface area contributed by atoms with Crippen molar-refractivity contribution in [3.63, 3.8) is 0 Å². The highest BCUT2D eigenvalue weighted by molar-refractivity contribution is 5.27. The standard InChI is InChI=1S/C19H31N/c1-4-20-19(14-16-8-6-5-7-9-16)18-12-10-17(11-13-18)15(2)3/h10-13,15-16,19-20H,4-9,14H2,1-3H3. The van der Waals surface area contributed by atoms with Gasteiger partial charge in [0, 0.05) is 6.04 Å². The van der Waals surface area contributed by atoms with E-state index in [0.29, 0.717) is 12.0 Å². The number of rotatable bonds is 6. The van der Waals surface area contributed by atoms with E-state index >= 15 is 0 Å². The lowest BCUT2D eigenvalue weighted by atomic mass is 9.83. The second-order valence-electron chi connectivity index (χ2n) is 6.67. The van der Waals surface area contributed by atoms with Gasteiger partial charge in [-0.3, -0.25) is 0 Å². The molecule has 1 aromatic rings. The van der Waals surface area contributed by atoms with E-state index in [4.69, 9.17) is 0 Å². The van der Waals surface area contributed by atoms with Crippen LogP contribution in [0.2, 0.25) is 0 Å². The van der Waals surface area contributed by atoms with Crippen LogP contribution in [0.4, 0.5) is 0 Å². The lowest BCUT2D eigenvalue weighted by Gasteiger charge is -2.27. The summed E-state index contributed by atoms with van der Waals surface area (Å²) in [5.74, 6) is 1.55. The molecule has 1 aliphatic carbocycles. The van der Waals surface area contributed by atoms with Crippen LogP contribution in [0, 0.1) is 5.92 Å². The van der Waals surface area contributed by atoms with Gasteiger partial charge in [-0.15, -0.1) is 0 Å². The molecule has 112 valence electrons. The van der Waals surface area contributed by atoms with Gasteiger partial charge in [0.2, 0.25) is 0 Å². The molecule has 1 unspecified atom stereocenters. The van der Waals surface area contributed by atoms with E-state index in [0.717, 1.165) is 12.5 Å². The molecule has 2 rings (SSSR count). The Morgan fingerprint density at radius 3 is 2.15 bits per heavy atom. The maximum atomic E-state index is 3.69. The van der Waals surface area contributed by atoms with E-state index < -0.39 is 0 Å². The van der Waals surface area contributed by atoms with Crippen molar-refractivity contribution in [2.24, 2.45) is 5.92 Å². The highest BCUT2D eigenvalue weighted by Gasteiger charge is 2.19. The molecule has 0 saturated heterocycles. The first-order valence-corrected chi connectivity index (χ1v) is 8.54. The molecule has 1 nitrogen and oxygen atoms in total. The predicted octanol–water partition coefficient (Wildman–Crippen LogP) is 5.43. The summed E-state index contributed by atoms with van der Waals surface area (Å²) >= 11 is 0. The van der Waals surface area contributed by atoms with Crippen LogP contribution in [0.1, 0.15) is 82.4 Å². The van der Waals surface area contributed by atoms with Crippen LogP contribution in [0.25, 0.3) is 0 Å². The highest BCUT2D eigenvalue weighted by Crippen LogP contribution is 2.32. The molecule has 1 fully saturated rings. The molecule has 0 aromatic heterocycles. The molecular formula is C19H31N. The first kappa shape index (κ1) is 15.6. The summed E-state index contributed by atoms with van der Waals surface area (Å²) in [4.78, 5) is 0. The fourth-order valence-corrected chi connectivity index (χ4v) is 3.45. The summed E-state index contributed by atoms with van der Waals surface area (Å²) in [6.45, 7) is 7.80. The van der Waals surface area contributed by atoms with Crippen molar-refractivity contribution < 1.29 is 0 Å². The Morgan fingerprint density at radius 1 is 1.00 bits per heavy atom. The summed E-state index contributed by atoms with van der Waals surface area (Å²) in [6, 6.07) is 9.84. The first-order chi connectivity index (χ1) is 9.70. The van der Waals surface area contributed by atoms with Crippen LogP contribution >= 0.6 is 0 Å². The minimum Gasteiger partial charge on any atom is -0.310 e. The smallest absolute Gasteiger partial charge is 0.0322 e. The highest BCUT2D eigenvalue weighted by atomic mass is 14.9. The van der Waals surface area contributed by atoms with Crippen molar-refractivity contribution in [3.8, 4) is 0 Å². The third kappa shape index (κ3) is 4.34. The van der Waals surface area contributed by atoms with E-state index in [-0.39, 0.29) is 0 Å². The van der Waals surface area contributed by atoms with Crippen LogP contribution in [-0.4, -0.2) is 6.54 Å². The second kappa shape index (κ2) is 7.83. The van der Waals surface area contributed by atoms with Crippen molar-refractivity contribution >= 4 is 0 Å². The Bertz CT molecular complexity index is 373. The summed E-state index contributed by atoms with van der Waals surface area (Å²) in [5, 5.41) is 3.69. The largest absolute Gasteiger partial charge is 0.310 e. The molecule has 0 amide bonds. The lowest BCUT2D eigenvalue weighted by molar-refractivity contribution is 0.301. The molecule has 0 radical (unpaired) electrons. The summed E-state index contributed by atoms with van der Waals surface area (Å²) in [7, 11) is 0. The SMILES string of the molecule is CCNC(CC1CCCCC1)c1ccc(C(C)C)cc1. The first-order valence-electron chi connectivity index (χ1n) is 8.54. The van der Waals surface area contributed by atoms with Gasteiger partial charge in [0.05, 0.1) is 0 Å². The Kier molecular flexibility index (Phi) is 6.09. The number of nitrogens with one attached hydrogen (secondary N) is 1. The van der Waals surface area contributed by atoms with Gasteiger partial charge in [-0.2, -0.15) is 0 Å². The fourth-order valence-electron chi connectivity index (χ4n) is 3.45. The van der Waals surface area contributed by atoms with Gasteiger partial charge in [0.25, 0.3) is 0 Å². The van der Waals surface area contributed by atoms with Gasteiger partial charge < -0.3 is 5.32 Å². The average Bonchev–Trinajstić information content (AvgIpc) is 2.48. The topological polar surface area (TPSA) is 12.0 Å². The summed E-state index contributed by atoms with van der Waals surface area (Å²) in [5.41, 5.74) is 2.92. The third-order valence-corrected chi connectivity index (χ3v) is 4.75. The predicted molar refractivity (Wildman–Crippen MR) is 88.1 cm³/mol. The molecule has 1 atom stereocenters. The van der Waals surface area contributed by atoms with Crippen LogP contribution in [0.3, 0.4) is 0 Å². The van der Waals surface area contributed by atoms with Gasteiger partial charge in [0.1, 0.15) is 0 Å². The molecule has 1 aliphatic rings. The van der Waals surface area contributed by atoms with Gasteiger partial charge in [-0.25, -0.2) is 0 Å². The number of benzene rings is 1. The van der Waals surface area contributed by atoms with Crippen molar-refractivity contribution in [2.45, 2.75) is 71.3 Å². The molecule has 0 aliphatic heterocycles. The fraction of sp³-hybridized carbons (Fsp3) is 0.684. The Balaban J connectivity index is 2.02. The number of hydrogen-bond donors (Lipinski definition) is 1. The third-order valence-electron chi connectivity index (χ3n) is 4.75. The monoisotopic (exact) mass is 273 g/mol. The second-order valence-corrected chi connectivity index (χ2v) is 6.67. The molecule has 1 N–H and O–H groups in total. The zero-order valence-corrected chi connectivity index (χ0v) is 13.5. The molecule has 0 heterocycles. The van der Waals surface area contributed by atoms with E-state index in [2.05, 4.69) is 50.4 Å². The van der Waals surface area contributed by atoms with Crippen molar-refractivity contribution in [3.05, 3.63) is 35.4 Å². The van der Waals surface area contributed by atoms with Crippen LogP contribution in [-0.2, 0) is 0 Å². The maximum absolute atomic E-state index is 3.69. The van der Waals surface area contributed by atoms with Crippen LogP contribution in [0.5, 0.6) is 0 Å². The van der Waals surface area contributed by atoms with Crippen LogP contribution < -0.4 is 5.32 Å². The molecule has 1 aromatic carbocycles. The minimum atomic E-state index is 0.546. The van der Waals surface area contributed by atoms with Gasteiger partial charge in [-0.05, 0) is 35.9 Å². The molecule has 20 heavy (non-hydrogen) atoms. The molecule has 0 spiro atoms.